The van der Waals surface area contributed by atoms with Gasteiger partial charge in [-0.05, 0) is 66.2 Å². The summed E-state index contributed by atoms with van der Waals surface area (Å²) in [6.45, 7) is 2.24. The van der Waals surface area contributed by atoms with Crippen LogP contribution >= 0.6 is 23.4 Å². The van der Waals surface area contributed by atoms with Gasteiger partial charge in [0.2, 0.25) is 5.91 Å². The summed E-state index contributed by atoms with van der Waals surface area (Å²) in [6.07, 6.45) is 1.59. The maximum atomic E-state index is 12.9. The van der Waals surface area contributed by atoms with Crippen LogP contribution in [0.2, 0.25) is 5.02 Å². The summed E-state index contributed by atoms with van der Waals surface area (Å²) in [6, 6.07) is 19.8. The molecule has 1 saturated heterocycles. The molecule has 0 radical (unpaired) electrons. The molecule has 0 spiro atoms. The molecule has 1 heterocycles. The normalized spacial score (nSPS) is 14.1. The summed E-state index contributed by atoms with van der Waals surface area (Å²) in [5.41, 5.74) is 2.09. The van der Waals surface area contributed by atoms with Gasteiger partial charge in [0.25, 0.3) is 11.1 Å². The minimum Gasteiger partial charge on any atom is -0.495 e. The van der Waals surface area contributed by atoms with E-state index in [0.717, 1.165) is 22.2 Å². The second-order valence-corrected chi connectivity index (χ2v) is 9.48. The summed E-state index contributed by atoms with van der Waals surface area (Å²) < 4.78 is 16.8. The molecular weight excluding hydrogens is 528 g/mol. The van der Waals surface area contributed by atoms with Crippen LogP contribution in [-0.4, -0.2) is 42.2 Å². The number of benzene rings is 3. The molecule has 4 rings (SSSR count). The van der Waals surface area contributed by atoms with Crippen LogP contribution in [0.15, 0.2) is 71.6 Å². The zero-order valence-electron chi connectivity index (χ0n) is 20.7. The molecule has 1 aliphatic heterocycles. The second-order valence-electron chi connectivity index (χ2n) is 8.08. The zero-order chi connectivity index (χ0) is 27.1. The van der Waals surface area contributed by atoms with Gasteiger partial charge < -0.3 is 19.5 Å². The Bertz CT molecular complexity index is 1380. The molecule has 0 aromatic heterocycles. The van der Waals surface area contributed by atoms with E-state index in [0.29, 0.717) is 46.7 Å². The number of ether oxygens (including phenoxy) is 3. The van der Waals surface area contributed by atoms with Crippen LogP contribution in [0.4, 0.5) is 10.5 Å². The van der Waals surface area contributed by atoms with Gasteiger partial charge in [-0.25, -0.2) is 0 Å². The highest BCUT2D eigenvalue weighted by Crippen LogP contribution is 2.35. The Hall–Kier alpha value is -3.95. The number of thioether (sulfide) groups is 1. The summed E-state index contributed by atoms with van der Waals surface area (Å²) in [5.74, 6) is 0.466. The minimum atomic E-state index is -0.551. The summed E-state index contributed by atoms with van der Waals surface area (Å²) in [4.78, 5) is 39.1. The summed E-state index contributed by atoms with van der Waals surface area (Å²) in [5, 5.41) is 2.42. The molecule has 196 valence electrons. The minimum absolute atomic E-state index is 0.204. The summed E-state index contributed by atoms with van der Waals surface area (Å²) in [7, 11) is 1.48. The van der Waals surface area contributed by atoms with Gasteiger partial charge in [0.15, 0.2) is 11.5 Å². The third kappa shape index (κ3) is 6.67. The maximum absolute atomic E-state index is 12.9. The number of imide groups is 1. The lowest BCUT2D eigenvalue weighted by molar-refractivity contribution is -0.127. The SMILES string of the molecule is CCOc1cc(/C=C2/SC(=O)N(CC(=O)Nc3ccc(OC)c(Cl)c3)C2=O)ccc1OCc1ccccc1. The van der Waals surface area contributed by atoms with Gasteiger partial charge in [-0.1, -0.05) is 48.0 Å². The molecule has 10 heteroatoms. The predicted octanol–water partition coefficient (Wildman–Crippen LogP) is 6.00. The van der Waals surface area contributed by atoms with Crippen LogP contribution in [0.1, 0.15) is 18.1 Å². The highest BCUT2D eigenvalue weighted by Gasteiger charge is 2.36. The van der Waals surface area contributed by atoms with E-state index < -0.39 is 23.6 Å². The van der Waals surface area contributed by atoms with E-state index in [4.69, 9.17) is 25.8 Å². The van der Waals surface area contributed by atoms with Gasteiger partial charge in [0.05, 0.1) is 23.6 Å². The van der Waals surface area contributed by atoms with Crippen molar-refractivity contribution >= 4 is 52.2 Å². The van der Waals surface area contributed by atoms with Crippen molar-refractivity contribution in [1.82, 2.24) is 4.90 Å². The number of anilines is 1. The highest BCUT2D eigenvalue weighted by atomic mass is 35.5. The number of nitrogens with zero attached hydrogens (tertiary/aromatic N) is 1. The molecule has 0 aliphatic carbocycles. The van der Waals surface area contributed by atoms with Crippen LogP contribution in [-0.2, 0) is 16.2 Å². The molecule has 1 N–H and O–H groups in total. The van der Waals surface area contributed by atoms with Crippen molar-refractivity contribution in [3.8, 4) is 17.2 Å². The van der Waals surface area contributed by atoms with E-state index in [9.17, 15) is 14.4 Å². The monoisotopic (exact) mass is 552 g/mol. The number of methoxy groups -OCH3 is 1. The Labute approximate surface area is 229 Å². The molecule has 8 nitrogen and oxygen atoms in total. The van der Waals surface area contributed by atoms with Crippen LogP contribution in [0.5, 0.6) is 17.2 Å². The number of carbonyl (C=O) groups excluding carboxylic acids is 3. The van der Waals surface area contributed by atoms with Crippen LogP contribution < -0.4 is 19.5 Å². The third-order valence-corrected chi connectivity index (χ3v) is 6.62. The topological polar surface area (TPSA) is 94.2 Å². The first-order valence-electron chi connectivity index (χ1n) is 11.7. The lowest BCUT2D eigenvalue weighted by Gasteiger charge is -2.13. The average molecular weight is 553 g/mol. The number of carbonyl (C=O) groups is 3. The predicted molar refractivity (Wildman–Crippen MR) is 148 cm³/mol. The molecule has 1 fully saturated rings. The molecule has 3 aromatic rings. The van der Waals surface area contributed by atoms with Gasteiger partial charge in [-0.15, -0.1) is 0 Å². The number of hydrogen-bond acceptors (Lipinski definition) is 7. The van der Waals surface area contributed by atoms with Crippen molar-refractivity contribution in [3.05, 3.63) is 87.8 Å². The number of nitrogens with one attached hydrogen (secondary N) is 1. The highest BCUT2D eigenvalue weighted by molar-refractivity contribution is 8.18. The Kier molecular flexibility index (Phi) is 8.93. The second kappa shape index (κ2) is 12.5. The molecule has 0 saturated carbocycles. The van der Waals surface area contributed by atoms with Crippen molar-refractivity contribution in [2.45, 2.75) is 13.5 Å². The number of amides is 3. The fourth-order valence-corrected chi connectivity index (χ4v) is 4.71. The first-order chi connectivity index (χ1) is 18.4. The molecule has 38 heavy (non-hydrogen) atoms. The number of hydrogen-bond donors (Lipinski definition) is 1. The first-order valence-corrected chi connectivity index (χ1v) is 12.9. The van der Waals surface area contributed by atoms with Crippen molar-refractivity contribution in [1.29, 1.82) is 0 Å². The van der Waals surface area contributed by atoms with Gasteiger partial charge in [0.1, 0.15) is 18.9 Å². The Morgan fingerprint density at radius 3 is 2.47 bits per heavy atom. The van der Waals surface area contributed by atoms with Gasteiger partial charge in [-0.2, -0.15) is 0 Å². The van der Waals surface area contributed by atoms with E-state index in [2.05, 4.69) is 5.32 Å². The Balaban J connectivity index is 1.43. The lowest BCUT2D eigenvalue weighted by atomic mass is 10.1. The van der Waals surface area contributed by atoms with Gasteiger partial charge >= 0.3 is 0 Å². The Morgan fingerprint density at radius 1 is 1.00 bits per heavy atom. The van der Waals surface area contributed by atoms with E-state index in [-0.39, 0.29) is 4.91 Å². The van der Waals surface area contributed by atoms with E-state index in [1.807, 2.05) is 37.3 Å². The fraction of sp³-hybridized carbons (Fsp3) is 0.179. The van der Waals surface area contributed by atoms with Crippen molar-refractivity contribution in [2.75, 3.05) is 25.6 Å². The molecule has 3 aromatic carbocycles. The van der Waals surface area contributed by atoms with Crippen molar-refractivity contribution in [2.24, 2.45) is 0 Å². The van der Waals surface area contributed by atoms with Gasteiger partial charge in [0, 0.05) is 5.69 Å². The van der Waals surface area contributed by atoms with Gasteiger partial charge in [-0.3, -0.25) is 19.3 Å². The molecule has 0 bridgehead atoms. The van der Waals surface area contributed by atoms with E-state index in [1.165, 1.54) is 13.2 Å². The van der Waals surface area contributed by atoms with E-state index >= 15 is 0 Å². The van der Waals surface area contributed by atoms with Crippen LogP contribution in [0.25, 0.3) is 6.08 Å². The van der Waals surface area contributed by atoms with E-state index in [1.54, 1.807) is 36.4 Å². The standard InChI is InChI=1S/C28H25ClN2O6S/c1-3-36-24-13-19(9-11-23(24)37-17-18-7-5-4-6-8-18)14-25-27(33)31(28(34)38-25)16-26(32)30-20-10-12-22(35-2)21(29)15-20/h4-15H,3,16-17H2,1-2H3,(H,30,32)/b25-14+. The van der Waals surface area contributed by atoms with Crippen molar-refractivity contribution < 1.29 is 28.6 Å². The fourth-order valence-electron chi connectivity index (χ4n) is 3.61. The smallest absolute Gasteiger partial charge is 0.294 e. The van der Waals surface area contributed by atoms with Crippen LogP contribution in [0.3, 0.4) is 0 Å². The molecular formula is C28H25ClN2O6S. The molecule has 1 aliphatic rings. The lowest BCUT2D eigenvalue weighted by Crippen LogP contribution is -2.36. The quantitative estimate of drug-likeness (QED) is 0.308. The average Bonchev–Trinajstić information content (AvgIpc) is 3.16. The molecule has 0 atom stereocenters. The number of rotatable bonds is 10. The largest absolute Gasteiger partial charge is 0.495 e. The molecule has 0 unspecified atom stereocenters. The first kappa shape index (κ1) is 27.1. The maximum Gasteiger partial charge on any atom is 0.294 e. The number of halogens is 1. The van der Waals surface area contributed by atoms with Crippen molar-refractivity contribution in [3.63, 3.8) is 0 Å². The molecule has 3 amide bonds. The van der Waals surface area contributed by atoms with Crippen LogP contribution in [0, 0.1) is 0 Å². The third-order valence-electron chi connectivity index (χ3n) is 5.41. The summed E-state index contributed by atoms with van der Waals surface area (Å²) >= 11 is 6.86. The Morgan fingerprint density at radius 2 is 1.76 bits per heavy atom. The zero-order valence-corrected chi connectivity index (χ0v) is 22.3.